The molecule has 24 heavy (non-hydrogen) atoms. The molecule has 3 rings (SSSR count). The normalized spacial score (nSPS) is 17.6. The van der Waals surface area contributed by atoms with E-state index in [4.69, 9.17) is 0 Å². The summed E-state index contributed by atoms with van der Waals surface area (Å²) in [5, 5.41) is 9.72. The molecular weight excluding hydrogens is 310 g/mol. The minimum Gasteiger partial charge on any atom is -0.350 e. The predicted molar refractivity (Wildman–Crippen MR) is 90.1 cm³/mol. The molecule has 9 nitrogen and oxygen atoms in total. The third-order valence-electron chi connectivity index (χ3n) is 4.12. The lowest BCUT2D eigenvalue weighted by Gasteiger charge is -2.33. The minimum absolute atomic E-state index is 0.0429. The van der Waals surface area contributed by atoms with Crippen molar-refractivity contribution < 1.29 is 4.79 Å². The Balaban J connectivity index is 1.63. The Labute approximate surface area is 139 Å². The molecule has 2 aromatic heterocycles. The van der Waals surface area contributed by atoms with Crippen molar-refractivity contribution in [1.82, 2.24) is 24.6 Å². The Morgan fingerprint density at radius 2 is 2.17 bits per heavy atom. The van der Waals surface area contributed by atoms with Gasteiger partial charge in [0.2, 0.25) is 0 Å². The van der Waals surface area contributed by atoms with Gasteiger partial charge in [-0.05, 0) is 12.8 Å². The average Bonchev–Trinajstić information content (AvgIpc) is 2.95. The molecule has 0 aliphatic carbocycles. The standard InChI is InChI=1S/C15H21N7O2/c1-20-9-7-16-13(14(20)23)22-8-3-4-11(10-22)18-15(24)19-12-5-6-17-21(12)2/h5-7,9,11H,3-4,8,10H2,1-2H3,(H2,18,19,24)/t11-/m1/s1. The number of aryl methyl sites for hydroxylation is 2. The van der Waals surface area contributed by atoms with Crippen molar-refractivity contribution in [2.24, 2.45) is 14.1 Å². The highest BCUT2D eigenvalue weighted by atomic mass is 16.2. The highest BCUT2D eigenvalue weighted by Gasteiger charge is 2.24. The van der Waals surface area contributed by atoms with Gasteiger partial charge in [-0.25, -0.2) is 9.78 Å². The molecule has 0 aromatic carbocycles. The largest absolute Gasteiger partial charge is 0.350 e. The number of hydrogen-bond acceptors (Lipinski definition) is 5. The lowest BCUT2D eigenvalue weighted by molar-refractivity contribution is 0.246. The summed E-state index contributed by atoms with van der Waals surface area (Å²) in [5.74, 6) is 1.05. The van der Waals surface area contributed by atoms with Gasteiger partial charge in [0, 0.05) is 51.7 Å². The summed E-state index contributed by atoms with van der Waals surface area (Å²) >= 11 is 0. The molecule has 2 N–H and O–H groups in total. The van der Waals surface area contributed by atoms with Gasteiger partial charge >= 0.3 is 6.03 Å². The molecule has 128 valence electrons. The van der Waals surface area contributed by atoms with Gasteiger partial charge in [-0.1, -0.05) is 0 Å². The van der Waals surface area contributed by atoms with Crippen LogP contribution in [0.3, 0.4) is 0 Å². The number of hydrogen-bond donors (Lipinski definition) is 2. The second-order valence-electron chi connectivity index (χ2n) is 5.89. The van der Waals surface area contributed by atoms with Crippen LogP contribution in [0.1, 0.15) is 12.8 Å². The zero-order valence-corrected chi connectivity index (χ0v) is 13.8. The van der Waals surface area contributed by atoms with Crippen LogP contribution in [0.5, 0.6) is 0 Å². The van der Waals surface area contributed by atoms with E-state index in [1.807, 2.05) is 4.90 Å². The van der Waals surface area contributed by atoms with E-state index in [0.29, 0.717) is 18.2 Å². The van der Waals surface area contributed by atoms with Crippen LogP contribution >= 0.6 is 0 Å². The molecule has 0 spiro atoms. The first-order chi connectivity index (χ1) is 11.5. The van der Waals surface area contributed by atoms with E-state index < -0.39 is 0 Å². The molecule has 0 saturated carbocycles. The summed E-state index contributed by atoms with van der Waals surface area (Å²) in [5.41, 5.74) is -0.127. The first-order valence-electron chi connectivity index (χ1n) is 7.86. The van der Waals surface area contributed by atoms with Gasteiger partial charge in [0.1, 0.15) is 5.82 Å². The van der Waals surface area contributed by atoms with Crippen LogP contribution < -0.4 is 21.1 Å². The summed E-state index contributed by atoms with van der Waals surface area (Å²) in [6, 6.07) is 1.41. The van der Waals surface area contributed by atoms with Gasteiger partial charge in [0.15, 0.2) is 5.82 Å². The summed E-state index contributed by atoms with van der Waals surface area (Å²) in [7, 11) is 3.46. The summed E-state index contributed by atoms with van der Waals surface area (Å²) in [4.78, 5) is 30.5. The number of aromatic nitrogens is 4. The van der Waals surface area contributed by atoms with Gasteiger partial charge in [-0.3, -0.25) is 14.8 Å². The summed E-state index contributed by atoms with van der Waals surface area (Å²) in [6.07, 6.45) is 6.61. The zero-order chi connectivity index (χ0) is 17.1. The number of carbonyl (C=O) groups excluding carboxylic acids is 1. The molecule has 3 heterocycles. The number of carbonyl (C=O) groups is 1. The number of rotatable bonds is 3. The SMILES string of the molecule is Cn1nccc1NC(=O)N[C@@H]1CCCN(c2nccn(C)c2=O)C1. The first kappa shape index (κ1) is 16.0. The van der Waals surface area contributed by atoms with Gasteiger partial charge in [-0.15, -0.1) is 0 Å². The molecule has 9 heteroatoms. The van der Waals surface area contributed by atoms with Gasteiger partial charge in [-0.2, -0.15) is 5.10 Å². The van der Waals surface area contributed by atoms with Crippen LogP contribution in [-0.4, -0.2) is 44.5 Å². The lowest BCUT2D eigenvalue weighted by atomic mass is 10.1. The van der Waals surface area contributed by atoms with Crippen LogP contribution in [0.4, 0.5) is 16.4 Å². The third-order valence-corrected chi connectivity index (χ3v) is 4.12. The molecule has 2 amide bonds. The van der Waals surface area contributed by atoms with Crippen LogP contribution in [0.2, 0.25) is 0 Å². The van der Waals surface area contributed by atoms with Crippen LogP contribution in [-0.2, 0) is 14.1 Å². The van der Waals surface area contributed by atoms with E-state index in [1.165, 1.54) is 4.57 Å². The monoisotopic (exact) mass is 331 g/mol. The number of amides is 2. The minimum atomic E-state index is -0.278. The second kappa shape index (κ2) is 6.73. The van der Waals surface area contributed by atoms with E-state index >= 15 is 0 Å². The van der Waals surface area contributed by atoms with Crippen molar-refractivity contribution in [1.29, 1.82) is 0 Å². The topological polar surface area (TPSA) is 97.1 Å². The average molecular weight is 331 g/mol. The first-order valence-corrected chi connectivity index (χ1v) is 7.86. The maximum atomic E-state index is 12.2. The second-order valence-corrected chi connectivity index (χ2v) is 5.89. The Hall–Kier alpha value is -2.84. The van der Waals surface area contributed by atoms with Gasteiger partial charge in [0.05, 0.1) is 6.20 Å². The third kappa shape index (κ3) is 3.39. The van der Waals surface area contributed by atoms with Crippen molar-refractivity contribution in [3.63, 3.8) is 0 Å². The fraction of sp³-hybridized carbons (Fsp3) is 0.467. The smallest absolute Gasteiger partial charge is 0.320 e. The molecule has 1 atom stereocenters. The molecule has 0 bridgehead atoms. The Morgan fingerprint density at radius 1 is 1.33 bits per heavy atom. The van der Waals surface area contributed by atoms with Crippen molar-refractivity contribution >= 4 is 17.7 Å². The lowest BCUT2D eigenvalue weighted by Crippen LogP contribution is -2.50. The van der Waals surface area contributed by atoms with Crippen LogP contribution in [0, 0.1) is 0 Å². The van der Waals surface area contributed by atoms with Gasteiger partial charge in [0.25, 0.3) is 5.56 Å². The van der Waals surface area contributed by atoms with Crippen molar-refractivity contribution in [3.05, 3.63) is 35.0 Å². The molecule has 1 aliphatic heterocycles. The number of nitrogens with zero attached hydrogens (tertiary/aromatic N) is 5. The van der Waals surface area contributed by atoms with Crippen molar-refractivity contribution in [2.45, 2.75) is 18.9 Å². The van der Waals surface area contributed by atoms with E-state index in [0.717, 1.165) is 19.4 Å². The zero-order valence-electron chi connectivity index (χ0n) is 13.8. The fourth-order valence-corrected chi connectivity index (χ4v) is 2.82. The summed E-state index contributed by atoms with van der Waals surface area (Å²) < 4.78 is 3.10. The molecule has 2 aromatic rings. The van der Waals surface area contributed by atoms with E-state index in [1.54, 1.807) is 43.4 Å². The molecular formula is C15H21N7O2. The quantitative estimate of drug-likeness (QED) is 0.843. The van der Waals surface area contributed by atoms with Crippen molar-refractivity contribution in [2.75, 3.05) is 23.3 Å². The maximum absolute atomic E-state index is 12.2. The Bertz CT molecular complexity index is 782. The number of nitrogens with one attached hydrogen (secondary N) is 2. The molecule has 0 radical (unpaired) electrons. The molecule has 1 fully saturated rings. The number of piperidine rings is 1. The number of urea groups is 1. The Kier molecular flexibility index (Phi) is 4.50. The van der Waals surface area contributed by atoms with Gasteiger partial charge < -0.3 is 14.8 Å². The molecule has 1 saturated heterocycles. The fourth-order valence-electron chi connectivity index (χ4n) is 2.82. The van der Waals surface area contributed by atoms with Crippen LogP contribution in [0.15, 0.2) is 29.5 Å². The highest BCUT2D eigenvalue weighted by molar-refractivity contribution is 5.88. The predicted octanol–water partition coefficient (Wildman–Crippen LogP) is 0.304. The van der Waals surface area contributed by atoms with Crippen molar-refractivity contribution in [3.8, 4) is 0 Å². The highest BCUT2D eigenvalue weighted by Crippen LogP contribution is 2.14. The van der Waals surface area contributed by atoms with E-state index in [2.05, 4.69) is 20.7 Å². The maximum Gasteiger partial charge on any atom is 0.320 e. The number of anilines is 2. The van der Waals surface area contributed by atoms with Crippen LogP contribution in [0.25, 0.3) is 0 Å². The molecule has 1 aliphatic rings. The van der Waals surface area contributed by atoms with E-state index in [9.17, 15) is 9.59 Å². The Morgan fingerprint density at radius 3 is 2.92 bits per heavy atom. The molecule has 0 unspecified atom stereocenters. The van der Waals surface area contributed by atoms with E-state index in [-0.39, 0.29) is 17.6 Å². The summed E-state index contributed by atoms with van der Waals surface area (Å²) in [6.45, 7) is 1.32.